The van der Waals surface area contributed by atoms with E-state index < -0.39 is 0 Å². The molecule has 0 aliphatic rings. The maximum atomic E-state index is 2.54. The predicted molar refractivity (Wildman–Crippen MR) is 113 cm³/mol. The summed E-state index contributed by atoms with van der Waals surface area (Å²) in [6, 6.07) is 0. The van der Waals surface area contributed by atoms with Crippen molar-refractivity contribution in [1.29, 1.82) is 0 Å². The van der Waals surface area contributed by atoms with Crippen LogP contribution in [0.15, 0.2) is 11.6 Å². The molecule has 0 N–H and O–H groups in total. The van der Waals surface area contributed by atoms with Gasteiger partial charge in [-0.05, 0) is 32.1 Å². The Balaban J connectivity index is 3.36. The molecule has 0 atom stereocenters. The minimum Gasteiger partial charge on any atom is -0.0853 e. The molecule has 0 radical (unpaired) electrons. The van der Waals surface area contributed by atoms with Gasteiger partial charge in [0.25, 0.3) is 0 Å². The number of unbranched alkanes of at least 4 members (excludes halogenated alkanes) is 14. The average molecular weight is 337 g/mol. The minimum absolute atomic E-state index is 1.29. The molecule has 0 rings (SSSR count). The second-order valence-electron chi connectivity index (χ2n) is 7.75. The van der Waals surface area contributed by atoms with Crippen LogP contribution in [0.4, 0.5) is 0 Å². The first-order valence-electron chi connectivity index (χ1n) is 11.5. The summed E-state index contributed by atoms with van der Waals surface area (Å²) < 4.78 is 0. The van der Waals surface area contributed by atoms with E-state index >= 15 is 0 Å². The first-order chi connectivity index (χ1) is 11.8. The molecule has 0 spiro atoms. The van der Waals surface area contributed by atoms with Crippen molar-refractivity contribution in [1.82, 2.24) is 0 Å². The molecule has 0 aromatic rings. The van der Waals surface area contributed by atoms with Crippen LogP contribution in [0, 0.1) is 0 Å². The van der Waals surface area contributed by atoms with Gasteiger partial charge in [0.2, 0.25) is 0 Å². The third kappa shape index (κ3) is 18.1. The fourth-order valence-corrected chi connectivity index (χ4v) is 3.45. The highest BCUT2D eigenvalue weighted by Gasteiger charge is 1.98. The van der Waals surface area contributed by atoms with Gasteiger partial charge in [-0.1, -0.05) is 122 Å². The lowest BCUT2D eigenvalue weighted by Gasteiger charge is -2.07. The molecule has 0 saturated heterocycles. The van der Waals surface area contributed by atoms with E-state index in [1.54, 1.807) is 5.57 Å². The molecule has 0 aliphatic carbocycles. The van der Waals surface area contributed by atoms with Gasteiger partial charge in [0.1, 0.15) is 0 Å². The fourth-order valence-electron chi connectivity index (χ4n) is 3.45. The van der Waals surface area contributed by atoms with Crippen LogP contribution in [0.5, 0.6) is 0 Å². The van der Waals surface area contributed by atoms with Crippen LogP contribution in [0.25, 0.3) is 0 Å². The van der Waals surface area contributed by atoms with Crippen molar-refractivity contribution in [3.8, 4) is 0 Å². The van der Waals surface area contributed by atoms with Crippen molar-refractivity contribution in [2.24, 2.45) is 0 Å². The Morgan fingerprint density at radius 1 is 0.458 bits per heavy atom. The van der Waals surface area contributed by atoms with Crippen LogP contribution < -0.4 is 0 Å². The molecule has 0 heteroatoms. The molecule has 0 aliphatic heterocycles. The standard InChI is InChI=1S/C24H48/c1-4-7-10-11-12-13-14-15-16-17-18-19-20-23-24(21-8-5-2)22-9-6-3/h21H,4-20,22-23H2,1-3H3. The van der Waals surface area contributed by atoms with Gasteiger partial charge in [0.05, 0.1) is 0 Å². The monoisotopic (exact) mass is 336 g/mol. The Morgan fingerprint density at radius 3 is 1.33 bits per heavy atom. The first-order valence-corrected chi connectivity index (χ1v) is 11.5. The zero-order valence-corrected chi connectivity index (χ0v) is 17.5. The smallest absolute Gasteiger partial charge is 0.0320 e. The molecule has 144 valence electrons. The Hall–Kier alpha value is -0.260. The van der Waals surface area contributed by atoms with Crippen LogP contribution >= 0.6 is 0 Å². The summed E-state index contributed by atoms with van der Waals surface area (Å²) in [5, 5.41) is 0. The summed E-state index contributed by atoms with van der Waals surface area (Å²) >= 11 is 0. The number of hydrogen-bond acceptors (Lipinski definition) is 0. The van der Waals surface area contributed by atoms with Gasteiger partial charge in [0.15, 0.2) is 0 Å². The number of rotatable bonds is 19. The SMILES string of the molecule is CCCC=C(CCCC)CCCCCCCCCCCCCCC. The molecule has 24 heavy (non-hydrogen) atoms. The summed E-state index contributed by atoms with van der Waals surface area (Å²) in [4.78, 5) is 0. The van der Waals surface area contributed by atoms with Crippen LogP contribution in [-0.4, -0.2) is 0 Å². The van der Waals surface area contributed by atoms with E-state index in [4.69, 9.17) is 0 Å². The van der Waals surface area contributed by atoms with E-state index in [9.17, 15) is 0 Å². The van der Waals surface area contributed by atoms with Gasteiger partial charge in [-0.2, -0.15) is 0 Å². The van der Waals surface area contributed by atoms with Crippen molar-refractivity contribution in [2.45, 2.75) is 143 Å². The first kappa shape index (κ1) is 23.7. The minimum atomic E-state index is 1.29. The Morgan fingerprint density at radius 2 is 0.875 bits per heavy atom. The van der Waals surface area contributed by atoms with E-state index in [2.05, 4.69) is 26.8 Å². The van der Waals surface area contributed by atoms with E-state index in [-0.39, 0.29) is 0 Å². The molecular weight excluding hydrogens is 288 g/mol. The summed E-state index contributed by atoms with van der Waals surface area (Å²) in [7, 11) is 0. The van der Waals surface area contributed by atoms with E-state index in [1.807, 2.05) is 0 Å². The Labute approximate surface area is 154 Å². The lowest BCUT2D eigenvalue weighted by atomic mass is 9.99. The van der Waals surface area contributed by atoms with Crippen LogP contribution in [0.3, 0.4) is 0 Å². The Kier molecular flexibility index (Phi) is 20.6. The van der Waals surface area contributed by atoms with Crippen molar-refractivity contribution in [3.63, 3.8) is 0 Å². The summed E-state index contributed by atoms with van der Waals surface area (Å²) in [5.41, 5.74) is 1.75. The summed E-state index contributed by atoms with van der Waals surface area (Å²) in [6.45, 7) is 6.90. The van der Waals surface area contributed by atoms with Gasteiger partial charge < -0.3 is 0 Å². The van der Waals surface area contributed by atoms with Crippen LogP contribution in [0.2, 0.25) is 0 Å². The molecule has 0 aromatic heterocycles. The van der Waals surface area contributed by atoms with Gasteiger partial charge in [0, 0.05) is 0 Å². The molecule has 0 heterocycles. The maximum Gasteiger partial charge on any atom is -0.0320 e. The van der Waals surface area contributed by atoms with E-state index in [0.717, 1.165) is 0 Å². The molecule has 0 fully saturated rings. The molecular formula is C24H48. The number of hydrogen-bond donors (Lipinski definition) is 0. The Bertz CT molecular complexity index is 251. The molecule has 0 saturated carbocycles. The molecule has 0 bridgehead atoms. The molecule has 0 aromatic carbocycles. The highest BCUT2D eigenvalue weighted by Crippen LogP contribution is 2.18. The zero-order valence-electron chi connectivity index (χ0n) is 17.5. The predicted octanol–water partition coefficient (Wildman–Crippen LogP) is 9.38. The topological polar surface area (TPSA) is 0 Å². The van der Waals surface area contributed by atoms with Crippen LogP contribution in [0.1, 0.15) is 143 Å². The zero-order chi connectivity index (χ0) is 17.7. The normalized spacial score (nSPS) is 12.0. The highest BCUT2D eigenvalue weighted by molar-refractivity contribution is 5.01. The van der Waals surface area contributed by atoms with Gasteiger partial charge in [-0.3, -0.25) is 0 Å². The molecule has 0 nitrogen and oxygen atoms in total. The van der Waals surface area contributed by atoms with Crippen molar-refractivity contribution in [3.05, 3.63) is 11.6 Å². The highest BCUT2D eigenvalue weighted by atomic mass is 14.0. The molecule has 0 amide bonds. The average Bonchev–Trinajstić information content (AvgIpc) is 2.60. The van der Waals surface area contributed by atoms with Crippen LogP contribution in [-0.2, 0) is 0 Å². The van der Waals surface area contributed by atoms with Crippen molar-refractivity contribution < 1.29 is 0 Å². The quantitative estimate of drug-likeness (QED) is 0.163. The van der Waals surface area contributed by atoms with E-state index in [1.165, 1.54) is 122 Å². The van der Waals surface area contributed by atoms with E-state index in [0.29, 0.717) is 0 Å². The maximum absolute atomic E-state index is 2.54. The third-order valence-corrected chi connectivity index (χ3v) is 5.17. The summed E-state index contributed by atoms with van der Waals surface area (Å²) in [6.07, 6.45) is 29.5. The second-order valence-corrected chi connectivity index (χ2v) is 7.75. The van der Waals surface area contributed by atoms with Crippen molar-refractivity contribution in [2.75, 3.05) is 0 Å². The lowest BCUT2D eigenvalue weighted by Crippen LogP contribution is -1.87. The molecule has 0 unspecified atom stereocenters. The lowest BCUT2D eigenvalue weighted by molar-refractivity contribution is 0.538. The van der Waals surface area contributed by atoms with Gasteiger partial charge in [-0.25, -0.2) is 0 Å². The number of allylic oxidation sites excluding steroid dienone is 2. The summed E-state index contributed by atoms with van der Waals surface area (Å²) in [5.74, 6) is 0. The van der Waals surface area contributed by atoms with Gasteiger partial charge in [-0.15, -0.1) is 0 Å². The fraction of sp³-hybridized carbons (Fsp3) is 0.917. The largest absolute Gasteiger partial charge is 0.0853 e. The van der Waals surface area contributed by atoms with Gasteiger partial charge >= 0.3 is 0 Å². The van der Waals surface area contributed by atoms with Crippen molar-refractivity contribution >= 4 is 0 Å². The third-order valence-electron chi connectivity index (χ3n) is 5.17. The second kappa shape index (κ2) is 20.8.